The molecule has 1 spiro atoms. The molecule has 2 bridgehead atoms. The Morgan fingerprint density at radius 3 is 2.35 bits per heavy atom. The average molecular weight is 961 g/mol. The second kappa shape index (κ2) is 17.8. The van der Waals surface area contributed by atoms with Gasteiger partial charge in [0.2, 0.25) is 11.8 Å². The predicted molar refractivity (Wildman–Crippen MR) is 271 cm³/mol. The summed E-state index contributed by atoms with van der Waals surface area (Å²) in [7, 11) is 0. The van der Waals surface area contributed by atoms with Crippen LogP contribution in [0.15, 0.2) is 60.8 Å². The minimum Gasteiger partial charge on any atom is -0.463 e. The molecule has 3 amide bonds. The molecule has 3 aromatic carbocycles. The predicted octanol–water partition coefficient (Wildman–Crippen LogP) is 6.72. The molecule has 370 valence electrons. The Kier molecular flexibility index (Phi) is 11.3. The van der Waals surface area contributed by atoms with Crippen molar-refractivity contribution in [3.63, 3.8) is 0 Å². The van der Waals surface area contributed by atoms with Crippen LogP contribution in [0.5, 0.6) is 6.01 Å². The van der Waals surface area contributed by atoms with Crippen LogP contribution < -0.4 is 25.2 Å². The largest absolute Gasteiger partial charge is 0.463 e. The highest BCUT2D eigenvalue weighted by Crippen LogP contribution is 2.54. The maximum absolute atomic E-state index is 17.2. The summed E-state index contributed by atoms with van der Waals surface area (Å²) >= 11 is 0. The smallest absolute Gasteiger partial charge is 0.319 e. The van der Waals surface area contributed by atoms with Gasteiger partial charge in [-0.25, -0.2) is 4.39 Å². The molecule has 2 saturated carbocycles. The van der Waals surface area contributed by atoms with Gasteiger partial charge in [-0.15, -0.1) is 0 Å². The number of nitrogens with zero attached hydrogens (tertiary/aromatic N) is 8. The van der Waals surface area contributed by atoms with Crippen molar-refractivity contribution in [2.75, 3.05) is 81.9 Å². The van der Waals surface area contributed by atoms with Crippen molar-refractivity contribution >= 4 is 50.9 Å². The third-order valence-corrected chi connectivity index (χ3v) is 17.9. The summed E-state index contributed by atoms with van der Waals surface area (Å²) in [6.07, 6.45) is 12.9. The number of benzene rings is 3. The van der Waals surface area contributed by atoms with Crippen LogP contribution in [0, 0.1) is 22.6 Å². The van der Waals surface area contributed by atoms with Gasteiger partial charge in [0.05, 0.1) is 12.0 Å². The van der Waals surface area contributed by atoms with E-state index < -0.39 is 11.9 Å². The number of amides is 3. The van der Waals surface area contributed by atoms with Crippen molar-refractivity contribution in [2.45, 2.75) is 102 Å². The Balaban J connectivity index is 0.617. The van der Waals surface area contributed by atoms with E-state index in [9.17, 15) is 14.4 Å². The van der Waals surface area contributed by atoms with Gasteiger partial charge in [-0.3, -0.25) is 29.6 Å². The Hall–Kier alpha value is -5.77. The Morgan fingerprint density at radius 2 is 1.61 bits per heavy atom. The van der Waals surface area contributed by atoms with Gasteiger partial charge in [-0.2, -0.15) is 9.97 Å². The highest BCUT2D eigenvalue weighted by Gasteiger charge is 2.50. The highest BCUT2D eigenvalue weighted by atomic mass is 19.1. The summed E-state index contributed by atoms with van der Waals surface area (Å²) in [6.45, 7) is 13.1. The van der Waals surface area contributed by atoms with Crippen LogP contribution in [0.1, 0.15) is 92.6 Å². The van der Waals surface area contributed by atoms with E-state index in [-0.39, 0.29) is 41.1 Å². The van der Waals surface area contributed by atoms with Gasteiger partial charge in [0, 0.05) is 106 Å². The van der Waals surface area contributed by atoms with E-state index in [1.54, 1.807) is 11.1 Å². The van der Waals surface area contributed by atoms with Crippen molar-refractivity contribution in [2.24, 2.45) is 16.7 Å². The number of fused-ring (bicyclic) bond motifs is 5. The van der Waals surface area contributed by atoms with Crippen LogP contribution in [0.3, 0.4) is 0 Å². The lowest BCUT2D eigenvalue weighted by Crippen LogP contribution is -2.53. The molecule has 0 radical (unpaired) electrons. The zero-order valence-corrected chi connectivity index (χ0v) is 40.9. The lowest BCUT2D eigenvalue weighted by Gasteiger charge is -2.54. The molecule has 14 nitrogen and oxygen atoms in total. The van der Waals surface area contributed by atoms with E-state index in [4.69, 9.17) is 19.7 Å². The molecule has 3 atom stereocenters. The molecule has 2 unspecified atom stereocenters. The second-order valence-electron chi connectivity index (χ2n) is 22.6. The number of rotatable bonds is 12. The van der Waals surface area contributed by atoms with Crippen LogP contribution in [-0.2, 0) is 22.6 Å². The van der Waals surface area contributed by atoms with E-state index >= 15 is 4.39 Å². The van der Waals surface area contributed by atoms with Crippen LogP contribution in [0.2, 0.25) is 0 Å². The molecule has 6 aliphatic heterocycles. The lowest BCUT2D eigenvalue weighted by molar-refractivity contribution is -0.136. The molecule has 13 rings (SSSR count). The molecule has 5 aromatic rings. The lowest BCUT2D eigenvalue weighted by atomic mass is 9.57. The molecule has 7 fully saturated rings. The SMILES string of the molecule is CCc1cccc2cccc(-c3ncc4c(N5CC6CCC(C5)N6)nc(OCC5(CN6CCC7(CC6)CC(CN6CCN(c8ccc9c(c8)CN([C@H]8CCC(=O)NC8=O)C9=O)CC6)C7)CC5)nc4c3F)c12. The quantitative estimate of drug-likeness (QED) is 0.128. The van der Waals surface area contributed by atoms with E-state index in [1.807, 2.05) is 18.2 Å². The van der Waals surface area contributed by atoms with Crippen LogP contribution in [0.4, 0.5) is 15.9 Å². The number of piperidine rings is 2. The van der Waals surface area contributed by atoms with Gasteiger partial charge in [0.15, 0.2) is 5.82 Å². The summed E-state index contributed by atoms with van der Waals surface area (Å²) < 4.78 is 23.8. The van der Waals surface area contributed by atoms with Crippen molar-refractivity contribution in [3.05, 3.63) is 83.3 Å². The number of carbonyl (C=O) groups is 3. The fourth-order valence-corrected chi connectivity index (χ4v) is 13.8. The first-order chi connectivity index (χ1) is 34.6. The van der Waals surface area contributed by atoms with Crippen molar-refractivity contribution in [3.8, 4) is 17.3 Å². The van der Waals surface area contributed by atoms with Crippen LogP contribution in [0.25, 0.3) is 32.9 Å². The number of pyridine rings is 1. The number of anilines is 2. The number of aryl methyl sites for hydroxylation is 1. The van der Waals surface area contributed by atoms with Gasteiger partial charge in [-0.05, 0) is 129 Å². The normalized spacial score (nSPS) is 25.3. The minimum absolute atomic E-state index is 0.0657. The number of hydrogen-bond donors (Lipinski definition) is 2. The van der Waals surface area contributed by atoms with E-state index in [0.29, 0.717) is 53.7 Å². The van der Waals surface area contributed by atoms with Crippen molar-refractivity contribution in [1.29, 1.82) is 0 Å². The molecular weight excluding hydrogens is 896 g/mol. The fraction of sp³-hybridized carbons (Fsp3) is 0.536. The molecule has 8 aliphatic rings. The zero-order valence-electron chi connectivity index (χ0n) is 40.9. The molecule has 2 N–H and O–H groups in total. The molecule has 71 heavy (non-hydrogen) atoms. The third-order valence-electron chi connectivity index (χ3n) is 17.9. The molecule has 2 aliphatic carbocycles. The monoisotopic (exact) mass is 961 g/mol. The molecular formula is C56H65FN10O4. The first-order valence-electron chi connectivity index (χ1n) is 26.6. The Bertz CT molecular complexity index is 2920. The number of hydrogen-bond acceptors (Lipinski definition) is 12. The number of imide groups is 1. The standard InChI is InChI=1S/C56H65FN10O4/c1-2-36-5-3-6-37-7-4-8-43(47(36)37)49-48(57)50-44(28-58-49)51(66-31-39-9-10-40(32-66)59-39)62-54(61-50)71-34-56(15-16-56)33-64-19-17-55(18-20-64)26-35(27-55)29-63-21-23-65(24-22-63)41-11-12-42-38(25-41)30-67(53(42)70)45-13-14-46(68)60-52(45)69/h3-8,11-12,25,28,35,39-40,45,59H,2,9-10,13-24,26-27,29-34H2,1H3,(H,60,68,69)/t39?,40?,45-/m0/s1. The number of nitrogens with one attached hydrogen (secondary N) is 2. The van der Waals surface area contributed by atoms with E-state index in [1.165, 1.54) is 37.8 Å². The molecule has 2 aromatic heterocycles. The zero-order chi connectivity index (χ0) is 48.0. The van der Waals surface area contributed by atoms with Crippen molar-refractivity contribution < 1.29 is 23.5 Å². The summed E-state index contributed by atoms with van der Waals surface area (Å²) in [4.78, 5) is 63.9. The first-order valence-corrected chi connectivity index (χ1v) is 26.6. The number of ether oxygens (including phenoxy) is 1. The van der Waals surface area contributed by atoms with Gasteiger partial charge in [-0.1, -0.05) is 43.3 Å². The summed E-state index contributed by atoms with van der Waals surface area (Å²) in [5, 5.41) is 8.87. The minimum atomic E-state index is -0.594. The van der Waals surface area contributed by atoms with Gasteiger partial charge in [0.1, 0.15) is 23.1 Å². The van der Waals surface area contributed by atoms with Crippen LogP contribution in [-0.4, -0.2) is 138 Å². The number of halogens is 1. The van der Waals surface area contributed by atoms with Crippen LogP contribution >= 0.6 is 0 Å². The maximum Gasteiger partial charge on any atom is 0.319 e. The van der Waals surface area contributed by atoms with Gasteiger partial charge >= 0.3 is 6.01 Å². The second-order valence-corrected chi connectivity index (χ2v) is 22.6. The number of carbonyl (C=O) groups excluding carboxylic acids is 3. The first kappa shape index (κ1) is 45.1. The molecule has 8 heterocycles. The molecule has 15 heteroatoms. The summed E-state index contributed by atoms with van der Waals surface area (Å²) in [6, 6.07) is 18.9. The van der Waals surface area contributed by atoms with Crippen molar-refractivity contribution in [1.82, 2.24) is 40.3 Å². The van der Waals surface area contributed by atoms with Gasteiger partial charge < -0.3 is 29.7 Å². The summed E-state index contributed by atoms with van der Waals surface area (Å²) in [5.74, 6) is 0.282. The van der Waals surface area contributed by atoms with Gasteiger partial charge in [0.25, 0.3) is 5.91 Å². The Labute approximate surface area is 414 Å². The average Bonchev–Trinajstić information content (AvgIpc) is 3.95. The number of likely N-dealkylation sites (tertiary alicyclic amines) is 1. The third kappa shape index (κ3) is 8.39. The number of piperazine rings is 2. The van der Waals surface area contributed by atoms with E-state index in [0.717, 1.165) is 130 Å². The Morgan fingerprint density at radius 1 is 0.831 bits per heavy atom. The molecule has 5 saturated heterocycles. The fourth-order valence-electron chi connectivity index (χ4n) is 13.8. The summed E-state index contributed by atoms with van der Waals surface area (Å²) in [5.41, 5.74) is 5.83. The topological polar surface area (TPSA) is 139 Å². The number of aromatic nitrogens is 3. The maximum atomic E-state index is 17.2. The van der Waals surface area contributed by atoms with E-state index in [2.05, 4.69) is 73.6 Å². The highest BCUT2D eigenvalue weighted by molar-refractivity contribution is 6.06.